The number of nitrogens with one attached hydrogen (secondary N) is 2. The first-order chi connectivity index (χ1) is 12.4. The highest BCUT2D eigenvalue weighted by Crippen LogP contribution is 2.29. The van der Waals surface area contributed by atoms with Crippen LogP contribution in [-0.2, 0) is 12.6 Å². The molecule has 1 aromatic heterocycles. The third-order valence-corrected chi connectivity index (χ3v) is 4.62. The number of nitrogens with zero attached hydrogens (tertiary/aromatic N) is 2. The molecule has 0 aliphatic heterocycles. The van der Waals surface area contributed by atoms with E-state index in [1.807, 2.05) is 25.1 Å². The zero-order valence-electron chi connectivity index (χ0n) is 14.8. The maximum Gasteiger partial charge on any atom is 0.434 e. The van der Waals surface area contributed by atoms with E-state index in [0.29, 0.717) is 37.0 Å². The Kier molecular flexibility index (Phi) is 7.44. The minimum Gasteiger partial charge on any atom is -0.357 e. The van der Waals surface area contributed by atoms with Crippen LogP contribution in [0.15, 0.2) is 40.7 Å². The average molecular weight is 384 g/mol. The number of guanidine groups is 1. The summed E-state index contributed by atoms with van der Waals surface area (Å²) >= 11 is 1.03. The first kappa shape index (κ1) is 20.2. The van der Waals surface area contributed by atoms with Crippen molar-refractivity contribution in [3.05, 3.63) is 52.0 Å². The summed E-state index contributed by atoms with van der Waals surface area (Å²) in [6, 6.07) is 10.1. The van der Waals surface area contributed by atoms with Gasteiger partial charge in [-0.05, 0) is 12.5 Å². The largest absolute Gasteiger partial charge is 0.434 e. The fourth-order valence-corrected chi connectivity index (χ4v) is 3.11. The molecule has 8 heteroatoms. The first-order valence-corrected chi connectivity index (χ1v) is 9.36. The van der Waals surface area contributed by atoms with Crippen LogP contribution in [0.4, 0.5) is 13.2 Å². The van der Waals surface area contributed by atoms with E-state index >= 15 is 0 Å². The lowest BCUT2D eigenvalue weighted by molar-refractivity contribution is -0.140. The molecule has 4 nitrogen and oxygen atoms in total. The van der Waals surface area contributed by atoms with Gasteiger partial charge in [-0.2, -0.15) is 13.2 Å². The Bertz CT molecular complexity index is 698. The highest BCUT2D eigenvalue weighted by Gasteiger charge is 2.33. The van der Waals surface area contributed by atoms with E-state index in [4.69, 9.17) is 0 Å². The van der Waals surface area contributed by atoms with Crippen LogP contribution in [0.1, 0.15) is 36.0 Å². The van der Waals surface area contributed by atoms with Crippen molar-refractivity contribution in [2.24, 2.45) is 4.99 Å². The number of hydrogen-bond acceptors (Lipinski definition) is 3. The van der Waals surface area contributed by atoms with E-state index in [1.54, 1.807) is 0 Å². The number of rotatable bonds is 7. The molecule has 0 radical (unpaired) electrons. The van der Waals surface area contributed by atoms with Gasteiger partial charge >= 0.3 is 6.18 Å². The third kappa shape index (κ3) is 6.33. The molecule has 26 heavy (non-hydrogen) atoms. The lowest BCUT2D eigenvalue weighted by Crippen LogP contribution is -2.38. The van der Waals surface area contributed by atoms with Crippen LogP contribution in [-0.4, -0.2) is 30.6 Å². The van der Waals surface area contributed by atoms with Crippen molar-refractivity contribution in [3.8, 4) is 0 Å². The van der Waals surface area contributed by atoms with Crippen molar-refractivity contribution in [2.45, 2.75) is 32.4 Å². The summed E-state index contributed by atoms with van der Waals surface area (Å²) in [4.78, 5) is 8.19. The van der Waals surface area contributed by atoms with E-state index in [2.05, 4.69) is 39.7 Å². The number of alkyl halides is 3. The molecule has 0 spiro atoms. The van der Waals surface area contributed by atoms with Crippen molar-refractivity contribution < 1.29 is 13.2 Å². The molecule has 1 aromatic carbocycles. The summed E-state index contributed by atoms with van der Waals surface area (Å²) in [6.07, 6.45) is -3.97. The van der Waals surface area contributed by atoms with Crippen LogP contribution in [0.3, 0.4) is 0 Å². The van der Waals surface area contributed by atoms with Crippen LogP contribution in [0.2, 0.25) is 0 Å². The Hall–Kier alpha value is -2.09. The Morgan fingerprint density at radius 3 is 2.58 bits per heavy atom. The lowest BCUT2D eigenvalue weighted by atomic mass is 10.0. The van der Waals surface area contributed by atoms with Gasteiger partial charge in [0.1, 0.15) is 0 Å². The Morgan fingerprint density at radius 1 is 1.23 bits per heavy atom. The van der Waals surface area contributed by atoms with Crippen molar-refractivity contribution in [2.75, 3.05) is 19.6 Å². The van der Waals surface area contributed by atoms with Crippen LogP contribution in [0.25, 0.3) is 0 Å². The fraction of sp³-hybridized carbons (Fsp3) is 0.444. The van der Waals surface area contributed by atoms with Crippen LogP contribution in [0, 0.1) is 0 Å². The first-order valence-electron chi connectivity index (χ1n) is 8.49. The van der Waals surface area contributed by atoms with Crippen molar-refractivity contribution >= 4 is 17.3 Å². The molecular weight excluding hydrogens is 361 g/mol. The standard InChI is InChI=1S/C18H23F3N4S/c1-3-22-17(24-11-13(2)14-7-5-4-6-8-14)23-10-9-16-25-15(12-26-16)18(19,20)21/h4-8,12-13H,3,9-11H2,1-2H3,(H2,22,23,24). The average Bonchev–Trinajstić information content (AvgIpc) is 3.09. The number of thiazole rings is 1. The third-order valence-electron chi connectivity index (χ3n) is 3.71. The molecule has 1 unspecified atom stereocenters. The number of benzene rings is 1. The van der Waals surface area contributed by atoms with E-state index in [1.165, 1.54) is 5.56 Å². The molecule has 1 heterocycles. The molecule has 0 aliphatic carbocycles. The number of halogens is 3. The second kappa shape index (κ2) is 9.56. The monoisotopic (exact) mass is 384 g/mol. The van der Waals surface area contributed by atoms with Crippen LogP contribution < -0.4 is 10.6 Å². The molecule has 2 rings (SSSR count). The van der Waals surface area contributed by atoms with Gasteiger partial charge in [0.15, 0.2) is 11.7 Å². The quantitative estimate of drug-likeness (QED) is 0.559. The molecule has 142 valence electrons. The van der Waals surface area contributed by atoms with Crippen molar-refractivity contribution in [3.63, 3.8) is 0 Å². The smallest absolute Gasteiger partial charge is 0.357 e. The Labute approximate surface area is 155 Å². The topological polar surface area (TPSA) is 49.3 Å². The molecule has 2 N–H and O–H groups in total. The molecule has 0 amide bonds. The molecule has 0 fully saturated rings. The van der Waals surface area contributed by atoms with E-state index in [0.717, 1.165) is 16.7 Å². The minimum atomic E-state index is -4.38. The van der Waals surface area contributed by atoms with Gasteiger partial charge in [0, 0.05) is 37.4 Å². The second-order valence-electron chi connectivity index (χ2n) is 5.83. The second-order valence-corrected chi connectivity index (χ2v) is 6.78. The molecule has 0 saturated carbocycles. The van der Waals surface area contributed by atoms with Gasteiger partial charge in [-0.3, -0.25) is 4.99 Å². The van der Waals surface area contributed by atoms with Gasteiger partial charge in [-0.25, -0.2) is 4.98 Å². The maximum atomic E-state index is 12.6. The van der Waals surface area contributed by atoms with Gasteiger partial charge < -0.3 is 10.6 Å². The molecule has 1 atom stereocenters. The summed E-state index contributed by atoms with van der Waals surface area (Å²) in [5, 5.41) is 7.80. The van der Waals surface area contributed by atoms with Gasteiger partial charge in [0.25, 0.3) is 0 Å². The molecular formula is C18H23F3N4S. The van der Waals surface area contributed by atoms with E-state index in [-0.39, 0.29) is 5.92 Å². The van der Waals surface area contributed by atoms with E-state index < -0.39 is 11.9 Å². The Morgan fingerprint density at radius 2 is 1.96 bits per heavy atom. The molecule has 0 saturated heterocycles. The maximum absolute atomic E-state index is 12.6. The van der Waals surface area contributed by atoms with Gasteiger partial charge in [0.05, 0.1) is 5.01 Å². The van der Waals surface area contributed by atoms with Crippen molar-refractivity contribution in [1.29, 1.82) is 0 Å². The molecule has 0 bridgehead atoms. The number of hydrogen-bond donors (Lipinski definition) is 2. The highest BCUT2D eigenvalue weighted by atomic mass is 32.1. The predicted molar refractivity (Wildman–Crippen MR) is 99.7 cm³/mol. The van der Waals surface area contributed by atoms with Crippen molar-refractivity contribution in [1.82, 2.24) is 15.6 Å². The van der Waals surface area contributed by atoms with E-state index in [9.17, 15) is 13.2 Å². The summed E-state index contributed by atoms with van der Waals surface area (Å²) in [6.45, 7) is 5.87. The predicted octanol–water partition coefficient (Wildman–Crippen LogP) is 4.06. The highest BCUT2D eigenvalue weighted by molar-refractivity contribution is 7.09. The lowest BCUT2D eigenvalue weighted by Gasteiger charge is -2.13. The SMILES string of the molecule is CCNC(=NCC(C)c1ccccc1)NCCc1nc(C(F)(F)F)cs1. The normalized spacial score (nSPS) is 13.5. The Balaban J connectivity index is 1.86. The van der Waals surface area contributed by atoms with Gasteiger partial charge in [-0.15, -0.1) is 11.3 Å². The summed E-state index contributed by atoms with van der Waals surface area (Å²) in [5.74, 6) is 0.933. The minimum absolute atomic E-state index is 0.278. The van der Waals surface area contributed by atoms with Crippen LogP contribution in [0.5, 0.6) is 0 Å². The molecule has 2 aromatic rings. The zero-order chi connectivity index (χ0) is 19.0. The summed E-state index contributed by atoms with van der Waals surface area (Å²) in [7, 11) is 0. The summed E-state index contributed by atoms with van der Waals surface area (Å²) < 4.78 is 37.7. The van der Waals surface area contributed by atoms with Crippen LogP contribution >= 0.6 is 11.3 Å². The van der Waals surface area contributed by atoms with Gasteiger partial charge in [0.2, 0.25) is 0 Å². The fourth-order valence-electron chi connectivity index (χ4n) is 2.30. The zero-order valence-corrected chi connectivity index (χ0v) is 15.6. The van der Waals surface area contributed by atoms with Gasteiger partial charge in [-0.1, -0.05) is 37.3 Å². The summed E-state index contributed by atoms with van der Waals surface area (Å²) in [5.41, 5.74) is 0.393. The number of aliphatic imine (C=N–C) groups is 1. The number of aromatic nitrogens is 1. The molecule has 0 aliphatic rings.